The number of halogens is 2. The molecule has 0 heterocycles. The Bertz CT molecular complexity index is 559. The van der Waals surface area contributed by atoms with E-state index in [-0.39, 0.29) is 36.4 Å². The maximum absolute atomic E-state index is 11.8. The first-order valence-corrected chi connectivity index (χ1v) is 11.4. The summed E-state index contributed by atoms with van der Waals surface area (Å²) in [6.45, 7) is 1.77. The number of carbonyl (C=O) groups is 1. The molecule has 0 aliphatic heterocycles. The minimum absolute atomic E-state index is 0. The van der Waals surface area contributed by atoms with E-state index in [2.05, 4.69) is 21.9 Å². The van der Waals surface area contributed by atoms with Crippen LogP contribution in [0.25, 0.3) is 0 Å². The maximum Gasteiger partial charge on any atom is 0.243 e. The molecule has 0 aliphatic carbocycles. The summed E-state index contributed by atoms with van der Waals surface area (Å²) in [6, 6.07) is 7.82. The molecule has 27 heavy (non-hydrogen) atoms. The van der Waals surface area contributed by atoms with E-state index in [9.17, 15) is 4.79 Å². The molecular formula is C18H30ClIN4OS2. The molecule has 0 aromatic heterocycles. The smallest absolute Gasteiger partial charge is 0.243 e. The highest BCUT2D eigenvalue weighted by Gasteiger charge is 2.04. The first-order valence-electron chi connectivity index (χ1n) is 8.62. The predicted octanol–water partition coefficient (Wildman–Crippen LogP) is 3.82. The number of likely N-dealkylation sites (N-methyl/N-ethyl adjacent to an activating group) is 1. The van der Waals surface area contributed by atoms with Gasteiger partial charge in [-0.2, -0.15) is 11.8 Å². The number of hydrogen-bond acceptors (Lipinski definition) is 4. The zero-order chi connectivity index (χ0) is 19.2. The van der Waals surface area contributed by atoms with Crippen molar-refractivity contribution in [2.24, 2.45) is 4.99 Å². The summed E-state index contributed by atoms with van der Waals surface area (Å²) in [7, 11) is 3.48. The number of amides is 1. The standard InChI is InChI=1S/C18H29ClN4OS2.HI/c1-23(2)17(24)14-22-18(20-10-4-5-12-25-3)21-11-13-26-16-8-6-15(19)7-9-16;/h6-9H,4-5,10-14H2,1-3H3,(H2,20,21,22);1H. The van der Waals surface area contributed by atoms with Crippen molar-refractivity contribution in [3.05, 3.63) is 29.3 Å². The normalized spacial score (nSPS) is 10.9. The van der Waals surface area contributed by atoms with Crippen LogP contribution in [-0.2, 0) is 4.79 Å². The molecule has 0 unspecified atom stereocenters. The zero-order valence-corrected chi connectivity index (χ0v) is 20.9. The summed E-state index contributed by atoms with van der Waals surface area (Å²) in [6.07, 6.45) is 4.38. The summed E-state index contributed by atoms with van der Waals surface area (Å²) < 4.78 is 0. The van der Waals surface area contributed by atoms with Gasteiger partial charge in [0.1, 0.15) is 6.54 Å². The minimum atomic E-state index is -0.0102. The summed E-state index contributed by atoms with van der Waals surface area (Å²) in [4.78, 5) is 18.9. The number of thioether (sulfide) groups is 2. The van der Waals surface area contributed by atoms with Gasteiger partial charge in [-0.1, -0.05) is 11.6 Å². The van der Waals surface area contributed by atoms with E-state index in [0.29, 0.717) is 5.96 Å². The first kappa shape index (κ1) is 26.7. The van der Waals surface area contributed by atoms with Gasteiger partial charge in [-0.05, 0) is 49.1 Å². The van der Waals surface area contributed by atoms with Crippen molar-refractivity contribution >= 4 is 71.0 Å². The molecule has 0 spiro atoms. The van der Waals surface area contributed by atoms with Crippen molar-refractivity contribution in [2.45, 2.75) is 17.7 Å². The molecule has 5 nitrogen and oxygen atoms in total. The molecule has 0 fully saturated rings. The van der Waals surface area contributed by atoms with Crippen LogP contribution in [0, 0.1) is 0 Å². The van der Waals surface area contributed by atoms with Crippen LogP contribution in [0.2, 0.25) is 5.02 Å². The van der Waals surface area contributed by atoms with Crippen LogP contribution >= 0.6 is 59.1 Å². The lowest BCUT2D eigenvalue weighted by atomic mass is 10.3. The molecule has 1 aromatic rings. The van der Waals surface area contributed by atoms with Gasteiger partial charge in [-0.25, -0.2) is 4.99 Å². The molecule has 9 heteroatoms. The number of hydrogen-bond donors (Lipinski definition) is 2. The highest BCUT2D eigenvalue weighted by atomic mass is 127. The van der Waals surface area contributed by atoms with Gasteiger partial charge in [0.05, 0.1) is 0 Å². The topological polar surface area (TPSA) is 56.7 Å². The number of guanidine groups is 1. The average molecular weight is 545 g/mol. The van der Waals surface area contributed by atoms with Gasteiger partial charge in [0.2, 0.25) is 5.91 Å². The Kier molecular flexibility index (Phi) is 16.4. The van der Waals surface area contributed by atoms with Gasteiger partial charge in [0, 0.05) is 42.9 Å². The number of unbranched alkanes of at least 4 members (excludes halogenated alkanes) is 1. The van der Waals surface area contributed by atoms with E-state index in [1.165, 1.54) is 17.1 Å². The summed E-state index contributed by atoms with van der Waals surface area (Å²) >= 11 is 9.51. The highest BCUT2D eigenvalue weighted by Crippen LogP contribution is 2.19. The average Bonchev–Trinajstić information content (AvgIpc) is 2.63. The van der Waals surface area contributed by atoms with E-state index in [1.807, 2.05) is 36.0 Å². The monoisotopic (exact) mass is 544 g/mol. The fraction of sp³-hybridized carbons (Fsp3) is 0.556. The van der Waals surface area contributed by atoms with Crippen LogP contribution < -0.4 is 10.6 Å². The molecule has 0 radical (unpaired) electrons. The maximum atomic E-state index is 11.8. The molecule has 0 atom stereocenters. The Hall–Kier alpha value is -0.320. The zero-order valence-electron chi connectivity index (χ0n) is 16.2. The predicted molar refractivity (Wildman–Crippen MR) is 132 cm³/mol. The van der Waals surface area contributed by atoms with Crippen LogP contribution in [0.3, 0.4) is 0 Å². The van der Waals surface area contributed by atoms with Crippen LogP contribution in [0.15, 0.2) is 34.2 Å². The summed E-state index contributed by atoms with van der Waals surface area (Å²) in [5, 5.41) is 7.36. The summed E-state index contributed by atoms with van der Waals surface area (Å²) in [5.74, 6) is 2.75. The third-order valence-corrected chi connectivity index (χ3v) is 5.38. The van der Waals surface area contributed by atoms with E-state index < -0.39 is 0 Å². The molecule has 154 valence electrons. The van der Waals surface area contributed by atoms with Gasteiger partial charge in [0.25, 0.3) is 0 Å². The Balaban J connectivity index is 0.00000676. The molecule has 1 aromatic carbocycles. The van der Waals surface area contributed by atoms with Gasteiger partial charge in [0.15, 0.2) is 5.96 Å². The number of benzene rings is 1. The van der Waals surface area contributed by atoms with Gasteiger partial charge >= 0.3 is 0 Å². The van der Waals surface area contributed by atoms with Crippen LogP contribution in [0.4, 0.5) is 0 Å². The second-order valence-electron chi connectivity index (χ2n) is 5.81. The molecule has 0 aliphatic rings. The largest absolute Gasteiger partial charge is 0.356 e. The third-order valence-electron chi connectivity index (χ3n) is 3.42. The fourth-order valence-corrected chi connectivity index (χ4v) is 3.30. The molecule has 1 amide bonds. The lowest BCUT2D eigenvalue weighted by Gasteiger charge is -2.13. The summed E-state index contributed by atoms with van der Waals surface area (Å²) in [5.41, 5.74) is 0. The second-order valence-corrected chi connectivity index (χ2v) is 8.40. The minimum Gasteiger partial charge on any atom is -0.356 e. The van der Waals surface area contributed by atoms with E-state index in [0.717, 1.165) is 30.3 Å². The number of rotatable bonds is 11. The highest BCUT2D eigenvalue weighted by molar-refractivity contribution is 14.0. The van der Waals surface area contributed by atoms with Crippen LogP contribution in [0.1, 0.15) is 12.8 Å². The lowest BCUT2D eigenvalue weighted by Crippen LogP contribution is -2.40. The van der Waals surface area contributed by atoms with Crippen molar-refractivity contribution < 1.29 is 4.79 Å². The molecule has 0 saturated heterocycles. The number of nitrogens with zero attached hydrogens (tertiary/aromatic N) is 2. The van der Waals surface area contributed by atoms with Crippen LogP contribution in [0.5, 0.6) is 0 Å². The molecule has 1 rings (SSSR count). The molecule has 0 bridgehead atoms. The third kappa shape index (κ3) is 13.5. The van der Waals surface area contributed by atoms with Crippen molar-refractivity contribution in [3.8, 4) is 0 Å². The van der Waals surface area contributed by atoms with Gasteiger partial charge in [-0.3, -0.25) is 4.79 Å². The molecule has 2 N–H and O–H groups in total. The van der Waals surface area contributed by atoms with Gasteiger partial charge in [-0.15, -0.1) is 35.7 Å². The van der Waals surface area contributed by atoms with E-state index in [1.54, 1.807) is 30.8 Å². The molecular weight excluding hydrogens is 515 g/mol. The van der Waals surface area contributed by atoms with E-state index >= 15 is 0 Å². The quantitative estimate of drug-likeness (QED) is 0.146. The fourth-order valence-electron chi connectivity index (χ4n) is 1.91. The number of nitrogens with one attached hydrogen (secondary N) is 2. The van der Waals surface area contributed by atoms with Crippen molar-refractivity contribution in [1.82, 2.24) is 15.5 Å². The Labute approximate surface area is 193 Å². The van der Waals surface area contributed by atoms with Crippen molar-refractivity contribution in [1.29, 1.82) is 0 Å². The van der Waals surface area contributed by atoms with Crippen molar-refractivity contribution in [2.75, 3.05) is 51.5 Å². The Morgan fingerprint density at radius 3 is 2.41 bits per heavy atom. The molecule has 0 saturated carbocycles. The van der Waals surface area contributed by atoms with E-state index in [4.69, 9.17) is 11.6 Å². The number of carbonyl (C=O) groups excluding carboxylic acids is 1. The Morgan fingerprint density at radius 2 is 1.78 bits per heavy atom. The Morgan fingerprint density at radius 1 is 1.11 bits per heavy atom. The first-order chi connectivity index (χ1) is 12.5. The van der Waals surface area contributed by atoms with Gasteiger partial charge < -0.3 is 15.5 Å². The second kappa shape index (κ2) is 16.6. The van der Waals surface area contributed by atoms with Crippen molar-refractivity contribution in [3.63, 3.8) is 0 Å². The van der Waals surface area contributed by atoms with Crippen LogP contribution in [-0.4, -0.2) is 68.3 Å². The lowest BCUT2D eigenvalue weighted by molar-refractivity contribution is -0.127. The SMILES string of the molecule is CSCCCCNC(=NCC(=O)N(C)C)NCCSc1ccc(Cl)cc1.I. The number of aliphatic imine (C=N–C) groups is 1.